The van der Waals surface area contributed by atoms with Gasteiger partial charge < -0.3 is 4.90 Å². The van der Waals surface area contributed by atoms with Crippen LogP contribution in [-0.4, -0.2) is 4.98 Å². The molecule has 1 heterocycles. The summed E-state index contributed by atoms with van der Waals surface area (Å²) in [5.74, 6) is 0. The lowest BCUT2D eigenvalue weighted by atomic mass is 9.67. The molecular weight excluding hydrogens is 544 g/mol. The van der Waals surface area contributed by atoms with E-state index in [1.165, 1.54) is 38.9 Å². The van der Waals surface area contributed by atoms with Gasteiger partial charge in [0.05, 0.1) is 11.1 Å². The molecule has 6 aromatic carbocycles. The van der Waals surface area contributed by atoms with E-state index in [4.69, 9.17) is 0 Å². The van der Waals surface area contributed by atoms with Gasteiger partial charge in [0.15, 0.2) is 0 Å². The number of pyridine rings is 1. The fraction of sp³-hybridized carbons (Fsp3) is 0.0465. The monoisotopic (exact) mass is 576 g/mol. The Labute approximate surface area is 264 Å². The second-order valence-corrected chi connectivity index (χ2v) is 11.7. The van der Waals surface area contributed by atoms with Crippen LogP contribution in [0.5, 0.6) is 0 Å². The summed E-state index contributed by atoms with van der Waals surface area (Å²) in [6, 6.07) is 61.5. The molecule has 0 amide bonds. The Bertz CT molecular complexity index is 2040. The molecule has 1 aliphatic rings. The minimum absolute atomic E-state index is 0.452. The number of hydrogen-bond acceptors (Lipinski definition) is 2. The van der Waals surface area contributed by atoms with Crippen LogP contribution in [0.15, 0.2) is 176 Å². The van der Waals surface area contributed by atoms with Crippen molar-refractivity contribution in [2.75, 3.05) is 4.90 Å². The molecule has 1 aromatic heterocycles. The van der Waals surface area contributed by atoms with Gasteiger partial charge in [0.1, 0.15) is 0 Å². The van der Waals surface area contributed by atoms with E-state index in [-0.39, 0.29) is 0 Å². The van der Waals surface area contributed by atoms with Crippen molar-refractivity contribution < 1.29 is 0 Å². The summed E-state index contributed by atoms with van der Waals surface area (Å²) in [5.41, 5.74) is 13.9. The molecule has 0 radical (unpaired) electrons. The lowest BCUT2D eigenvalue weighted by Crippen LogP contribution is -2.28. The van der Waals surface area contributed by atoms with E-state index in [2.05, 4.69) is 175 Å². The highest BCUT2D eigenvalue weighted by molar-refractivity contribution is 5.89. The largest absolute Gasteiger partial charge is 0.310 e. The summed E-state index contributed by atoms with van der Waals surface area (Å²) in [4.78, 5) is 6.94. The third kappa shape index (κ3) is 4.46. The summed E-state index contributed by atoms with van der Waals surface area (Å²) >= 11 is 0. The number of hydrogen-bond donors (Lipinski definition) is 0. The molecular formula is C43H32N2. The Morgan fingerprint density at radius 3 is 1.67 bits per heavy atom. The van der Waals surface area contributed by atoms with Crippen molar-refractivity contribution in [3.8, 4) is 22.4 Å². The maximum atomic E-state index is 4.57. The molecule has 0 bridgehead atoms. The van der Waals surface area contributed by atoms with Gasteiger partial charge in [-0.05, 0) is 88.8 Å². The van der Waals surface area contributed by atoms with Gasteiger partial charge in [0.2, 0.25) is 0 Å². The predicted molar refractivity (Wildman–Crippen MR) is 186 cm³/mol. The summed E-state index contributed by atoms with van der Waals surface area (Å²) in [6.07, 6.45) is 1.84. The van der Waals surface area contributed by atoms with Crippen LogP contribution < -0.4 is 4.90 Å². The molecule has 0 unspecified atom stereocenters. The van der Waals surface area contributed by atoms with Crippen LogP contribution in [0.4, 0.5) is 17.1 Å². The molecule has 0 atom stereocenters. The van der Waals surface area contributed by atoms with Crippen molar-refractivity contribution in [2.24, 2.45) is 0 Å². The summed E-state index contributed by atoms with van der Waals surface area (Å²) < 4.78 is 0. The van der Waals surface area contributed by atoms with Crippen LogP contribution >= 0.6 is 0 Å². The number of benzene rings is 6. The number of rotatable bonds is 6. The number of anilines is 3. The zero-order valence-electron chi connectivity index (χ0n) is 25.1. The topological polar surface area (TPSA) is 16.1 Å². The van der Waals surface area contributed by atoms with Gasteiger partial charge in [-0.2, -0.15) is 0 Å². The molecule has 1 aliphatic carbocycles. The Morgan fingerprint density at radius 2 is 1.02 bits per heavy atom. The third-order valence-corrected chi connectivity index (χ3v) is 9.08. The first-order valence-corrected chi connectivity index (χ1v) is 15.5. The van der Waals surface area contributed by atoms with Crippen LogP contribution in [-0.2, 0) is 5.41 Å². The predicted octanol–water partition coefficient (Wildman–Crippen LogP) is 10.9. The Balaban J connectivity index is 1.36. The number of aromatic nitrogens is 1. The minimum Gasteiger partial charge on any atom is -0.310 e. The summed E-state index contributed by atoms with van der Waals surface area (Å²) in [7, 11) is 0. The van der Waals surface area contributed by atoms with Crippen molar-refractivity contribution in [3.05, 3.63) is 204 Å². The number of aryl methyl sites for hydroxylation is 1. The molecule has 7 aromatic rings. The highest BCUT2D eigenvalue weighted by Gasteiger charge is 2.46. The Hall–Kier alpha value is -5.73. The van der Waals surface area contributed by atoms with Gasteiger partial charge in [-0.1, -0.05) is 127 Å². The molecule has 0 aliphatic heterocycles. The van der Waals surface area contributed by atoms with Crippen molar-refractivity contribution in [1.29, 1.82) is 0 Å². The minimum atomic E-state index is -0.452. The van der Waals surface area contributed by atoms with E-state index in [9.17, 15) is 0 Å². The summed E-state index contributed by atoms with van der Waals surface area (Å²) in [5, 5.41) is 0. The van der Waals surface area contributed by atoms with E-state index in [0.29, 0.717) is 0 Å². The fourth-order valence-corrected chi connectivity index (χ4v) is 7.03. The highest BCUT2D eigenvalue weighted by Crippen LogP contribution is 2.57. The van der Waals surface area contributed by atoms with Gasteiger partial charge in [-0.25, -0.2) is 0 Å². The zero-order valence-corrected chi connectivity index (χ0v) is 25.1. The van der Waals surface area contributed by atoms with Crippen LogP contribution in [0.2, 0.25) is 0 Å². The van der Waals surface area contributed by atoms with Crippen LogP contribution in [0.1, 0.15) is 27.8 Å². The molecule has 0 N–H and O–H groups in total. The Morgan fingerprint density at radius 1 is 0.467 bits per heavy atom. The van der Waals surface area contributed by atoms with Gasteiger partial charge in [0.25, 0.3) is 0 Å². The molecule has 8 rings (SSSR count). The second-order valence-electron chi connectivity index (χ2n) is 11.7. The van der Waals surface area contributed by atoms with Crippen molar-refractivity contribution in [1.82, 2.24) is 4.98 Å². The maximum Gasteiger partial charge on any atom is 0.0714 e. The second kappa shape index (κ2) is 11.1. The standard InChI is InChI=1S/C43H32N2/c1-31-19-23-35(24-20-31)45(36-25-21-32(22-26-36)42-18-10-11-29-44-42)37-27-28-39-38-16-8-9-17-40(38)43(41(39)30-37,33-12-4-2-5-13-33)34-14-6-3-7-15-34/h2-30H,1H3. The molecule has 214 valence electrons. The molecule has 2 heteroatoms. The molecule has 45 heavy (non-hydrogen) atoms. The first-order chi connectivity index (χ1) is 22.2. The van der Waals surface area contributed by atoms with Gasteiger partial charge in [-0.15, -0.1) is 0 Å². The lowest BCUT2D eigenvalue weighted by Gasteiger charge is -2.35. The van der Waals surface area contributed by atoms with Crippen LogP contribution in [0.3, 0.4) is 0 Å². The van der Waals surface area contributed by atoms with Crippen molar-refractivity contribution in [2.45, 2.75) is 12.3 Å². The molecule has 0 saturated carbocycles. The SMILES string of the molecule is Cc1ccc(N(c2ccc(-c3ccccn3)cc2)c2ccc3c(c2)C(c2ccccc2)(c2ccccc2)c2ccccc2-3)cc1. The maximum absolute atomic E-state index is 4.57. The number of nitrogens with zero attached hydrogens (tertiary/aromatic N) is 2. The zero-order chi connectivity index (χ0) is 30.2. The highest BCUT2D eigenvalue weighted by atomic mass is 15.1. The smallest absolute Gasteiger partial charge is 0.0714 e. The van der Waals surface area contributed by atoms with Crippen LogP contribution in [0, 0.1) is 6.92 Å². The van der Waals surface area contributed by atoms with Gasteiger partial charge >= 0.3 is 0 Å². The third-order valence-electron chi connectivity index (χ3n) is 9.08. The van der Waals surface area contributed by atoms with Gasteiger partial charge in [-0.3, -0.25) is 4.98 Å². The average Bonchev–Trinajstić information content (AvgIpc) is 3.41. The van der Waals surface area contributed by atoms with E-state index in [1.807, 2.05) is 18.3 Å². The van der Waals surface area contributed by atoms with E-state index >= 15 is 0 Å². The fourth-order valence-electron chi connectivity index (χ4n) is 7.03. The molecule has 0 saturated heterocycles. The van der Waals surface area contributed by atoms with E-state index < -0.39 is 5.41 Å². The lowest BCUT2D eigenvalue weighted by molar-refractivity contribution is 0.768. The average molecular weight is 577 g/mol. The molecule has 0 spiro atoms. The Kier molecular flexibility index (Phi) is 6.61. The van der Waals surface area contributed by atoms with Gasteiger partial charge in [0, 0.05) is 28.8 Å². The quantitative estimate of drug-likeness (QED) is 0.196. The van der Waals surface area contributed by atoms with E-state index in [0.717, 1.165) is 28.3 Å². The normalized spacial score (nSPS) is 12.7. The van der Waals surface area contributed by atoms with E-state index in [1.54, 1.807) is 0 Å². The molecule has 2 nitrogen and oxygen atoms in total. The summed E-state index contributed by atoms with van der Waals surface area (Å²) in [6.45, 7) is 2.14. The van der Waals surface area contributed by atoms with Crippen molar-refractivity contribution in [3.63, 3.8) is 0 Å². The first-order valence-electron chi connectivity index (χ1n) is 15.5. The van der Waals surface area contributed by atoms with Crippen molar-refractivity contribution >= 4 is 17.1 Å². The number of fused-ring (bicyclic) bond motifs is 3. The van der Waals surface area contributed by atoms with Crippen LogP contribution in [0.25, 0.3) is 22.4 Å². The molecule has 0 fully saturated rings. The first kappa shape index (κ1) is 26.9.